The van der Waals surface area contributed by atoms with E-state index in [2.05, 4.69) is 10.2 Å². The molecule has 1 atom stereocenters. The summed E-state index contributed by atoms with van der Waals surface area (Å²) in [5.41, 5.74) is 0.220. The fourth-order valence-electron chi connectivity index (χ4n) is 2.15. The summed E-state index contributed by atoms with van der Waals surface area (Å²) >= 11 is 1.46. The van der Waals surface area contributed by atoms with E-state index < -0.39 is 22.1 Å². The van der Waals surface area contributed by atoms with Crippen molar-refractivity contribution in [2.75, 3.05) is 14.1 Å². The van der Waals surface area contributed by atoms with Crippen LogP contribution in [0, 0.1) is 0 Å². The van der Waals surface area contributed by atoms with Gasteiger partial charge >= 0.3 is 5.97 Å². The van der Waals surface area contributed by atoms with Crippen LogP contribution in [0.5, 0.6) is 0 Å². The molecule has 0 aliphatic carbocycles. The second-order valence-electron chi connectivity index (χ2n) is 5.78. The second kappa shape index (κ2) is 7.59. The summed E-state index contributed by atoms with van der Waals surface area (Å²) in [7, 11) is -0.678. The van der Waals surface area contributed by atoms with E-state index in [9.17, 15) is 13.2 Å². The Hall–Kier alpha value is -2.56. The van der Waals surface area contributed by atoms with Crippen LogP contribution in [-0.2, 0) is 14.8 Å². The first-order valence-electron chi connectivity index (χ1n) is 7.90. The summed E-state index contributed by atoms with van der Waals surface area (Å²) in [6.45, 7) is 1.62. The average Bonchev–Trinajstić information content (AvgIpc) is 3.33. The molecule has 0 aliphatic heterocycles. The first kappa shape index (κ1) is 19.2. The van der Waals surface area contributed by atoms with Gasteiger partial charge in [0.15, 0.2) is 6.10 Å². The third-order valence-corrected chi connectivity index (χ3v) is 6.36. The Morgan fingerprint density at radius 2 is 1.89 bits per heavy atom. The Labute approximate surface area is 160 Å². The monoisotopic (exact) mass is 407 g/mol. The Bertz CT molecular complexity index is 1020. The minimum absolute atomic E-state index is 0.0922. The van der Waals surface area contributed by atoms with Crippen molar-refractivity contribution in [3.63, 3.8) is 0 Å². The number of esters is 1. The highest BCUT2D eigenvalue weighted by Crippen LogP contribution is 2.26. The van der Waals surface area contributed by atoms with E-state index in [1.807, 2.05) is 17.5 Å². The fraction of sp³-hybridized carbons (Fsp3) is 0.235. The molecule has 0 N–H and O–H groups in total. The van der Waals surface area contributed by atoms with Crippen LogP contribution in [0.1, 0.15) is 29.3 Å². The molecule has 0 unspecified atom stereocenters. The van der Waals surface area contributed by atoms with Crippen molar-refractivity contribution in [3.8, 4) is 10.8 Å². The number of ether oxygens (including phenoxy) is 1. The lowest BCUT2D eigenvalue weighted by Crippen LogP contribution is -2.22. The highest BCUT2D eigenvalue weighted by molar-refractivity contribution is 7.89. The lowest BCUT2D eigenvalue weighted by molar-refractivity contribution is 0.0280. The van der Waals surface area contributed by atoms with Crippen molar-refractivity contribution < 1.29 is 22.4 Å². The molecule has 0 spiro atoms. The second-order valence-corrected chi connectivity index (χ2v) is 8.88. The Morgan fingerprint density at radius 3 is 2.48 bits per heavy atom. The molecule has 3 aromatic rings. The standard InChI is InChI=1S/C17H17N3O5S2/c1-11(15-18-19-16(25-15)14-5-4-10-26-14)24-17(21)12-6-8-13(9-7-12)27(22,23)20(2)3/h4-11H,1-3H3/t11-/m1/s1. The van der Waals surface area contributed by atoms with Gasteiger partial charge < -0.3 is 9.15 Å². The number of hydrogen-bond donors (Lipinski definition) is 0. The summed E-state index contributed by atoms with van der Waals surface area (Å²) in [4.78, 5) is 13.2. The molecule has 0 amide bonds. The molecule has 8 nitrogen and oxygen atoms in total. The SMILES string of the molecule is C[C@@H](OC(=O)c1ccc(S(=O)(=O)N(C)C)cc1)c1nnc(-c2cccs2)o1. The van der Waals surface area contributed by atoms with Gasteiger partial charge in [-0.05, 0) is 42.6 Å². The predicted octanol–water partition coefficient (Wildman–Crippen LogP) is 2.97. The van der Waals surface area contributed by atoms with Gasteiger partial charge in [-0.3, -0.25) is 0 Å². The maximum absolute atomic E-state index is 12.3. The number of carbonyl (C=O) groups is 1. The number of benzene rings is 1. The van der Waals surface area contributed by atoms with E-state index in [1.165, 1.54) is 49.7 Å². The van der Waals surface area contributed by atoms with Crippen LogP contribution in [0.4, 0.5) is 0 Å². The van der Waals surface area contributed by atoms with Gasteiger partial charge in [0, 0.05) is 14.1 Å². The predicted molar refractivity (Wildman–Crippen MR) is 98.8 cm³/mol. The number of sulfonamides is 1. The number of nitrogens with zero attached hydrogens (tertiary/aromatic N) is 3. The van der Waals surface area contributed by atoms with Crippen LogP contribution < -0.4 is 0 Å². The van der Waals surface area contributed by atoms with E-state index in [0.29, 0.717) is 5.89 Å². The summed E-state index contributed by atoms with van der Waals surface area (Å²) in [6.07, 6.45) is -0.746. The van der Waals surface area contributed by atoms with Crippen molar-refractivity contribution in [1.82, 2.24) is 14.5 Å². The van der Waals surface area contributed by atoms with Crippen LogP contribution in [0.3, 0.4) is 0 Å². The molecular weight excluding hydrogens is 390 g/mol. The third-order valence-electron chi connectivity index (χ3n) is 3.67. The van der Waals surface area contributed by atoms with Crippen LogP contribution in [0.25, 0.3) is 10.8 Å². The molecule has 0 fully saturated rings. The van der Waals surface area contributed by atoms with Crippen molar-refractivity contribution in [1.29, 1.82) is 0 Å². The molecule has 0 saturated carbocycles. The molecule has 1 aromatic carbocycles. The highest BCUT2D eigenvalue weighted by Gasteiger charge is 2.21. The van der Waals surface area contributed by atoms with Gasteiger partial charge in [-0.15, -0.1) is 21.5 Å². The van der Waals surface area contributed by atoms with Gasteiger partial charge in [0.05, 0.1) is 15.3 Å². The quantitative estimate of drug-likeness (QED) is 0.579. The highest BCUT2D eigenvalue weighted by atomic mass is 32.2. The summed E-state index contributed by atoms with van der Waals surface area (Å²) in [6, 6.07) is 9.23. The van der Waals surface area contributed by atoms with E-state index in [4.69, 9.17) is 9.15 Å². The van der Waals surface area contributed by atoms with Crippen LogP contribution in [0.2, 0.25) is 0 Å². The molecule has 0 aliphatic rings. The van der Waals surface area contributed by atoms with Gasteiger partial charge in [0.1, 0.15) is 0 Å². The molecule has 0 saturated heterocycles. The molecule has 10 heteroatoms. The van der Waals surface area contributed by atoms with Crippen LogP contribution in [-0.4, -0.2) is 43.0 Å². The smallest absolute Gasteiger partial charge is 0.338 e. The van der Waals surface area contributed by atoms with E-state index in [-0.39, 0.29) is 16.3 Å². The van der Waals surface area contributed by atoms with Gasteiger partial charge in [-0.1, -0.05) is 6.07 Å². The Balaban J connectivity index is 1.70. The molecule has 2 heterocycles. The van der Waals surface area contributed by atoms with E-state index >= 15 is 0 Å². The first-order chi connectivity index (χ1) is 12.8. The zero-order valence-corrected chi connectivity index (χ0v) is 16.5. The lowest BCUT2D eigenvalue weighted by Gasteiger charge is -2.12. The average molecular weight is 407 g/mol. The van der Waals surface area contributed by atoms with Crippen molar-refractivity contribution in [2.45, 2.75) is 17.9 Å². The third kappa shape index (κ3) is 4.07. The normalized spacial score (nSPS) is 12.9. The number of carbonyl (C=O) groups excluding carboxylic acids is 1. The van der Waals surface area contributed by atoms with Crippen molar-refractivity contribution >= 4 is 27.3 Å². The van der Waals surface area contributed by atoms with Crippen molar-refractivity contribution in [2.24, 2.45) is 0 Å². The maximum Gasteiger partial charge on any atom is 0.338 e. The molecule has 0 bridgehead atoms. The van der Waals surface area contributed by atoms with Crippen molar-refractivity contribution in [3.05, 3.63) is 53.2 Å². The minimum atomic E-state index is -3.56. The topological polar surface area (TPSA) is 103 Å². The van der Waals surface area contributed by atoms with E-state index in [0.717, 1.165) is 9.18 Å². The van der Waals surface area contributed by atoms with E-state index in [1.54, 1.807) is 6.92 Å². The summed E-state index contributed by atoms with van der Waals surface area (Å²) in [5, 5.41) is 9.75. The Morgan fingerprint density at radius 1 is 1.19 bits per heavy atom. The zero-order valence-electron chi connectivity index (χ0n) is 14.8. The van der Waals surface area contributed by atoms with Gasteiger partial charge in [-0.2, -0.15) is 0 Å². The number of rotatable bonds is 6. The molecule has 27 heavy (non-hydrogen) atoms. The van der Waals surface area contributed by atoms with Crippen LogP contribution in [0.15, 0.2) is 51.1 Å². The molecule has 0 radical (unpaired) electrons. The summed E-state index contributed by atoms with van der Waals surface area (Å²) < 4.78 is 36.1. The zero-order chi connectivity index (χ0) is 19.6. The molecule has 142 valence electrons. The number of hydrogen-bond acceptors (Lipinski definition) is 8. The van der Waals surface area contributed by atoms with Gasteiger partial charge in [0.2, 0.25) is 10.0 Å². The Kier molecular flexibility index (Phi) is 5.40. The van der Waals surface area contributed by atoms with Crippen LogP contribution >= 0.6 is 11.3 Å². The maximum atomic E-state index is 12.3. The molecule has 2 aromatic heterocycles. The number of thiophene rings is 1. The van der Waals surface area contributed by atoms with Gasteiger partial charge in [0.25, 0.3) is 11.8 Å². The lowest BCUT2D eigenvalue weighted by atomic mass is 10.2. The largest absolute Gasteiger partial charge is 0.449 e. The molecule has 3 rings (SSSR count). The molecular formula is C17H17N3O5S2. The minimum Gasteiger partial charge on any atom is -0.449 e. The first-order valence-corrected chi connectivity index (χ1v) is 10.2. The fourth-order valence-corrected chi connectivity index (χ4v) is 3.70. The number of aromatic nitrogens is 2. The van der Waals surface area contributed by atoms with Gasteiger partial charge in [-0.25, -0.2) is 17.5 Å². The summed E-state index contributed by atoms with van der Waals surface area (Å²) in [5.74, 6) is -0.0770.